The Morgan fingerprint density at radius 1 is 1.14 bits per heavy atom. The van der Waals surface area contributed by atoms with E-state index in [4.69, 9.17) is 0 Å². The van der Waals surface area contributed by atoms with E-state index in [1.165, 1.54) is 10.4 Å². The Balaban J connectivity index is 1.91. The molecule has 21 heavy (non-hydrogen) atoms. The fourth-order valence-corrected chi connectivity index (χ4v) is 3.35. The van der Waals surface area contributed by atoms with Gasteiger partial charge in [-0.15, -0.1) is 11.3 Å². The monoisotopic (exact) mass is 301 g/mol. The number of amides is 1. The number of rotatable bonds is 6. The van der Waals surface area contributed by atoms with Crippen molar-refractivity contribution >= 4 is 17.2 Å². The lowest BCUT2D eigenvalue weighted by molar-refractivity contribution is -0.120. The van der Waals surface area contributed by atoms with Crippen LogP contribution >= 0.6 is 11.3 Å². The second-order valence-electron chi connectivity index (χ2n) is 5.75. The molecule has 0 bridgehead atoms. The fraction of sp³-hybridized carbons (Fsp3) is 0.389. The highest BCUT2D eigenvalue weighted by atomic mass is 32.1. The van der Waals surface area contributed by atoms with Crippen molar-refractivity contribution in [3.05, 3.63) is 57.8 Å². The fourth-order valence-electron chi connectivity index (χ4n) is 2.46. The Morgan fingerprint density at radius 2 is 1.86 bits per heavy atom. The minimum absolute atomic E-state index is 0.110. The van der Waals surface area contributed by atoms with Crippen LogP contribution in [-0.4, -0.2) is 12.5 Å². The first-order chi connectivity index (χ1) is 10.1. The summed E-state index contributed by atoms with van der Waals surface area (Å²) in [5, 5.41) is 3.09. The molecular weight excluding hydrogens is 278 g/mol. The van der Waals surface area contributed by atoms with E-state index < -0.39 is 0 Å². The normalized spacial score (nSPS) is 12.4. The maximum absolute atomic E-state index is 12.1. The Kier molecular flexibility index (Phi) is 5.57. The minimum Gasteiger partial charge on any atom is -0.355 e. The number of carbonyl (C=O) groups excluding carboxylic acids is 1. The largest absolute Gasteiger partial charge is 0.355 e. The van der Waals surface area contributed by atoms with Crippen molar-refractivity contribution in [1.29, 1.82) is 0 Å². The van der Waals surface area contributed by atoms with Gasteiger partial charge >= 0.3 is 0 Å². The molecule has 1 N–H and O–H groups in total. The summed E-state index contributed by atoms with van der Waals surface area (Å²) in [4.78, 5) is 14.5. The molecule has 1 atom stereocenters. The van der Waals surface area contributed by atoms with E-state index in [9.17, 15) is 4.79 Å². The molecule has 0 spiro atoms. The highest BCUT2D eigenvalue weighted by Gasteiger charge is 2.16. The van der Waals surface area contributed by atoms with Gasteiger partial charge in [-0.1, -0.05) is 44.2 Å². The molecule has 3 heteroatoms. The van der Waals surface area contributed by atoms with Crippen LogP contribution in [0.25, 0.3) is 0 Å². The molecule has 1 amide bonds. The molecule has 2 rings (SSSR count). The first kappa shape index (κ1) is 15.8. The lowest BCUT2D eigenvalue weighted by Gasteiger charge is -2.21. The van der Waals surface area contributed by atoms with E-state index in [0.717, 1.165) is 4.88 Å². The van der Waals surface area contributed by atoms with E-state index in [2.05, 4.69) is 56.4 Å². The highest BCUT2D eigenvalue weighted by Crippen LogP contribution is 2.23. The Morgan fingerprint density at radius 3 is 2.43 bits per heavy atom. The van der Waals surface area contributed by atoms with Crippen LogP contribution in [0.3, 0.4) is 0 Å². The predicted molar refractivity (Wildman–Crippen MR) is 89.8 cm³/mol. The molecule has 2 nitrogen and oxygen atoms in total. The summed E-state index contributed by atoms with van der Waals surface area (Å²) >= 11 is 1.69. The average Bonchev–Trinajstić information content (AvgIpc) is 2.85. The third-order valence-electron chi connectivity index (χ3n) is 3.68. The van der Waals surface area contributed by atoms with Crippen LogP contribution in [0.5, 0.6) is 0 Å². The van der Waals surface area contributed by atoms with Crippen LogP contribution in [0.2, 0.25) is 0 Å². The quantitative estimate of drug-likeness (QED) is 0.853. The van der Waals surface area contributed by atoms with Gasteiger partial charge in [0.05, 0.1) is 6.42 Å². The zero-order valence-electron chi connectivity index (χ0n) is 12.9. The van der Waals surface area contributed by atoms with Crippen LogP contribution in [0, 0.1) is 12.8 Å². The van der Waals surface area contributed by atoms with E-state index in [0.29, 0.717) is 24.8 Å². The lowest BCUT2D eigenvalue weighted by Crippen LogP contribution is -2.31. The first-order valence-corrected chi connectivity index (χ1v) is 8.25. The van der Waals surface area contributed by atoms with Crippen molar-refractivity contribution in [2.75, 3.05) is 6.54 Å². The maximum atomic E-state index is 12.1. The molecule has 2 aromatic rings. The Hall–Kier alpha value is -1.61. The summed E-state index contributed by atoms with van der Waals surface area (Å²) in [7, 11) is 0. The van der Waals surface area contributed by atoms with Crippen LogP contribution < -0.4 is 5.32 Å². The van der Waals surface area contributed by atoms with Crippen LogP contribution in [0.4, 0.5) is 0 Å². The van der Waals surface area contributed by atoms with Gasteiger partial charge < -0.3 is 5.32 Å². The molecule has 1 heterocycles. The molecule has 0 aliphatic heterocycles. The van der Waals surface area contributed by atoms with Crippen molar-refractivity contribution in [3.8, 4) is 0 Å². The second-order valence-corrected chi connectivity index (χ2v) is 7.13. The van der Waals surface area contributed by atoms with Gasteiger partial charge in [-0.2, -0.15) is 0 Å². The number of hydrogen-bond donors (Lipinski definition) is 1. The number of aryl methyl sites for hydroxylation is 1. The zero-order valence-corrected chi connectivity index (χ0v) is 13.7. The molecule has 0 saturated heterocycles. The molecule has 0 fully saturated rings. The van der Waals surface area contributed by atoms with Crippen LogP contribution in [-0.2, 0) is 11.2 Å². The molecule has 112 valence electrons. The standard InChI is InChI=1S/C18H23NOS/c1-13(2)17(15-7-5-4-6-8-15)12-19-18(20)11-16-10-9-14(3)21-16/h4-10,13,17H,11-12H2,1-3H3,(H,19,20). The topological polar surface area (TPSA) is 29.1 Å². The van der Waals surface area contributed by atoms with E-state index in [-0.39, 0.29) is 5.91 Å². The number of carbonyl (C=O) groups is 1. The van der Waals surface area contributed by atoms with Gasteiger partial charge in [-0.05, 0) is 30.5 Å². The van der Waals surface area contributed by atoms with Gasteiger partial charge in [-0.25, -0.2) is 0 Å². The van der Waals surface area contributed by atoms with Gasteiger partial charge in [0.25, 0.3) is 0 Å². The molecule has 0 aliphatic carbocycles. The summed E-state index contributed by atoms with van der Waals surface area (Å²) in [5.74, 6) is 0.968. The maximum Gasteiger partial charge on any atom is 0.225 e. The molecule has 1 aromatic heterocycles. The van der Waals surface area contributed by atoms with E-state index >= 15 is 0 Å². The van der Waals surface area contributed by atoms with E-state index in [1.807, 2.05) is 12.1 Å². The Labute approximate surface area is 131 Å². The Bertz CT molecular complexity index is 574. The van der Waals surface area contributed by atoms with Gasteiger partial charge in [0.2, 0.25) is 5.91 Å². The summed E-state index contributed by atoms with van der Waals surface area (Å²) in [6.45, 7) is 7.17. The van der Waals surface area contributed by atoms with Crippen molar-refractivity contribution < 1.29 is 4.79 Å². The minimum atomic E-state index is 0.110. The van der Waals surface area contributed by atoms with E-state index in [1.54, 1.807) is 11.3 Å². The van der Waals surface area contributed by atoms with Crippen molar-refractivity contribution in [2.45, 2.75) is 33.1 Å². The SMILES string of the molecule is Cc1ccc(CC(=O)NCC(c2ccccc2)C(C)C)s1. The number of hydrogen-bond acceptors (Lipinski definition) is 2. The molecule has 0 aliphatic rings. The van der Waals surface area contributed by atoms with Crippen molar-refractivity contribution in [3.63, 3.8) is 0 Å². The summed E-state index contributed by atoms with van der Waals surface area (Å²) in [5.41, 5.74) is 1.29. The second kappa shape index (κ2) is 7.41. The summed E-state index contributed by atoms with van der Waals surface area (Å²) in [6, 6.07) is 14.5. The highest BCUT2D eigenvalue weighted by molar-refractivity contribution is 7.12. The molecule has 1 unspecified atom stereocenters. The molecular formula is C18H23NOS. The van der Waals surface area contributed by atoms with Gasteiger partial charge in [0, 0.05) is 22.2 Å². The van der Waals surface area contributed by atoms with Gasteiger partial charge in [-0.3, -0.25) is 4.79 Å². The average molecular weight is 301 g/mol. The third-order valence-corrected chi connectivity index (χ3v) is 4.68. The molecule has 1 aromatic carbocycles. The smallest absolute Gasteiger partial charge is 0.225 e. The van der Waals surface area contributed by atoms with Gasteiger partial charge in [0.1, 0.15) is 0 Å². The van der Waals surface area contributed by atoms with Crippen molar-refractivity contribution in [2.24, 2.45) is 5.92 Å². The first-order valence-electron chi connectivity index (χ1n) is 7.43. The summed E-state index contributed by atoms with van der Waals surface area (Å²) in [6.07, 6.45) is 0.484. The lowest BCUT2D eigenvalue weighted by atomic mass is 9.88. The number of thiophene rings is 1. The third kappa shape index (κ3) is 4.71. The zero-order chi connectivity index (χ0) is 15.2. The number of benzene rings is 1. The molecule has 0 saturated carbocycles. The molecule has 0 radical (unpaired) electrons. The number of nitrogens with one attached hydrogen (secondary N) is 1. The van der Waals surface area contributed by atoms with Crippen LogP contribution in [0.1, 0.15) is 35.1 Å². The summed E-state index contributed by atoms with van der Waals surface area (Å²) < 4.78 is 0. The predicted octanol–water partition coefficient (Wildman–Crippen LogP) is 4.16. The van der Waals surface area contributed by atoms with Crippen LogP contribution in [0.15, 0.2) is 42.5 Å². The van der Waals surface area contributed by atoms with Crippen molar-refractivity contribution in [1.82, 2.24) is 5.32 Å². The van der Waals surface area contributed by atoms with Gasteiger partial charge in [0.15, 0.2) is 0 Å².